The van der Waals surface area contributed by atoms with Crippen LogP contribution in [-0.4, -0.2) is 83.0 Å². The minimum atomic E-state index is -5.23. The molecule has 39 heavy (non-hydrogen) atoms. The summed E-state index contributed by atoms with van der Waals surface area (Å²) in [7, 11) is 0. The highest BCUT2D eigenvalue weighted by Crippen LogP contribution is 2.65. The Bertz CT molecular complexity index is 1030. The Morgan fingerprint density at radius 2 is 1.82 bits per heavy atom. The molecule has 0 radical (unpaired) electrons. The molecule has 3 fully saturated rings. The molecule has 3 aliphatic rings. The van der Waals surface area contributed by atoms with E-state index in [4.69, 9.17) is 11.6 Å². The Kier molecular flexibility index (Phi) is 8.50. The minimum Gasteiger partial charge on any atom is -0.356 e. The quantitative estimate of drug-likeness (QED) is 0.248. The van der Waals surface area contributed by atoms with Crippen LogP contribution >= 0.6 is 11.6 Å². The molecule has 6 atom stereocenters. The number of rotatable bonds is 6. The summed E-state index contributed by atoms with van der Waals surface area (Å²) < 4.78 is 52.8. The number of fused-ring (bicyclic) bond motifs is 1. The zero-order valence-corrected chi connectivity index (χ0v) is 23.1. The predicted molar refractivity (Wildman–Crippen MR) is 130 cm³/mol. The van der Waals surface area contributed by atoms with Gasteiger partial charge in [0, 0.05) is 13.1 Å². The van der Waals surface area contributed by atoms with Crippen molar-refractivity contribution >= 4 is 41.1 Å². The van der Waals surface area contributed by atoms with Crippen molar-refractivity contribution < 1.29 is 41.5 Å². The first-order valence-electron chi connectivity index (χ1n) is 12.6. The Hall–Kier alpha value is -2.64. The molecule has 0 spiro atoms. The number of piperidine rings is 2. The predicted octanol–water partition coefficient (Wildman–Crippen LogP) is 1.48. The molecule has 3 N–H and O–H groups in total. The second-order valence-electron chi connectivity index (χ2n) is 12.0. The van der Waals surface area contributed by atoms with E-state index in [2.05, 4.69) is 10.7 Å². The third kappa shape index (κ3) is 6.41. The molecule has 5 amide bonds. The summed E-state index contributed by atoms with van der Waals surface area (Å²) in [6.07, 6.45) is -4.25. The number of alkyl halides is 5. The number of halogens is 5. The number of nitrogens with one attached hydrogen (secondary N) is 3. The van der Waals surface area contributed by atoms with Gasteiger partial charge in [-0.3, -0.25) is 29.4 Å². The van der Waals surface area contributed by atoms with Gasteiger partial charge in [0.05, 0.1) is 12.5 Å². The van der Waals surface area contributed by atoms with E-state index in [0.717, 1.165) is 4.90 Å². The molecule has 15 heteroatoms. The van der Waals surface area contributed by atoms with E-state index in [1.54, 1.807) is 5.32 Å². The average Bonchev–Trinajstić information content (AvgIpc) is 3.14. The van der Waals surface area contributed by atoms with Gasteiger partial charge in [0.1, 0.15) is 12.1 Å². The standard InChI is InChI=1S/C24H34ClF4N5O5/c1-22(2,3)15(31-21(39)24(27,28)29)19(37)33-10-12-13(23(12,4)5)14(33)18(36)32-34(20(38)16(25)26)9-11-7-6-8-30-17(11)35/h11-16H,6-10H2,1-5H3,(H,30,35)(H,31,39)(H,32,36)/t11-,12-,13-,14-,15?,16?/m0/s1. The zero-order valence-electron chi connectivity index (χ0n) is 22.3. The summed E-state index contributed by atoms with van der Waals surface area (Å²) in [6, 6.07) is -2.85. The molecule has 1 aliphatic carbocycles. The van der Waals surface area contributed by atoms with Crippen LogP contribution in [0.2, 0.25) is 0 Å². The molecule has 0 bridgehead atoms. The fourth-order valence-corrected chi connectivity index (χ4v) is 5.70. The molecule has 0 aromatic rings. The third-order valence-corrected chi connectivity index (χ3v) is 8.09. The monoisotopic (exact) mass is 583 g/mol. The molecule has 220 valence electrons. The molecular weight excluding hydrogens is 550 g/mol. The summed E-state index contributed by atoms with van der Waals surface area (Å²) in [5.74, 6) is -7.08. The van der Waals surface area contributed by atoms with Crippen LogP contribution in [0.4, 0.5) is 17.6 Å². The van der Waals surface area contributed by atoms with Gasteiger partial charge in [-0.05, 0) is 35.5 Å². The van der Waals surface area contributed by atoms with E-state index in [1.807, 2.05) is 13.8 Å². The number of hydrogen-bond donors (Lipinski definition) is 3. The second-order valence-corrected chi connectivity index (χ2v) is 12.4. The van der Waals surface area contributed by atoms with E-state index in [-0.39, 0.29) is 24.9 Å². The van der Waals surface area contributed by atoms with E-state index in [1.165, 1.54) is 20.8 Å². The number of hydrazine groups is 1. The number of amides is 5. The van der Waals surface area contributed by atoms with Crippen LogP contribution < -0.4 is 16.1 Å². The Labute approximate surface area is 228 Å². The molecular formula is C24H34ClF4N5O5. The van der Waals surface area contributed by atoms with Gasteiger partial charge in [0.25, 0.3) is 17.4 Å². The topological polar surface area (TPSA) is 128 Å². The first-order valence-corrected chi connectivity index (χ1v) is 13.1. The molecule has 2 aliphatic heterocycles. The van der Waals surface area contributed by atoms with Crippen LogP contribution in [0.5, 0.6) is 0 Å². The highest BCUT2D eigenvalue weighted by Gasteiger charge is 2.70. The van der Waals surface area contributed by atoms with E-state index >= 15 is 0 Å². The van der Waals surface area contributed by atoms with Crippen LogP contribution in [0, 0.1) is 28.6 Å². The van der Waals surface area contributed by atoms with Gasteiger partial charge in [-0.25, -0.2) is 9.40 Å². The normalized spacial score (nSPS) is 27.5. The molecule has 0 aromatic heterocycles. The van der Waals surface area contributed by atoms with Crippen LogP contribution in [0.3, 0.4) is 0 Å². The Balaban J connectivity index is 1.87. The fraction of sp³-hybridized carbons (Fsp3) is 0.792. The third-order valence-electron chi connectivity index (χ3n) is 7.91. The lowest BCUT2D eigenvalue weighted by Crippen LogP contribution is -2.62. The summed E-state index contributed by atoms with van der Waals surface area (Å²) in [5.41, 5.74) is -1.77. The summed E-state index contributed by atoms with van der Waals surface area (Å²) in [4.78, 5) is 64.7. The number of hydrogen-bond acceptors (Lipinski definition) is 5. The molecule has 0 aromatic carbocycles. The second kappa shape index (κ2) is 10.7. The van der Waals surface area contributed by atoms with Crippen molar-refractivity contribution in [2.75, 3.05) is 19.6 Å². The Morgan fingerprint density at radius 1 is 1.21 bits per heavy atom. The lowest BCUT2D eigenvalue weighted by molar-refractivity contribution is -0.176. The van der Waals surface area contributed by atoms with Gasteiger partial charge in [0.2, 0.25) is 11.8 Å². The van der Waals surface area contributed by atoms with Crippen molar-refractivity contribution in [1.29, 1.82) is 0 Å². The molecule has 2 heterocycles. The maximum absolute atomic E-state index is 13.8. The van der Waals surface area contributed by atoms with Crippen molar-refractivity contribution in [3.8, 4) is 0 Å². The van der Waals surface area contributed by atoms with Crippen molar-refractivity contribution in [3.05, 3.63) is 0 Å². The van der Waals surface area contributed by atoms with Crippen LogP contribution in [0.15, 0.2) is 0 Å². The Morgan fingerprint density at radius 3 is 2.33 bits per heavy atom. The highest BCUT2D eigenvalue weighted by molar-refractivity contribution is 6.29. The SMILES string of the molecule is CC(C)(C)C(NC(=O)C(F)(F)F)C(=O)N1C[C@H]2[C@@H]([C@H]1C(=O)NN(C[C@@H]1CCCNC1=O)C(=O)C(F)Cl)C2(C)C. The fourth-order valence-electron chi connectivity index (χ4n) is 5.58. The molecule has 1 saturated carbocycles. The van der Waals surface area contributed by atoms with Gasteiger partial charge >= 0.3 is 12.1 Å². The lowest BCUT2D eigenvalue weighted by Gasteiger charge is -2.38. The van der Waals surface area contributed by atoms with Crippen molar-refractivity contribution in [2.45, 2.75) is 71.4 Å². The van der Waals surface area contributed by atoms with Crippen LogP contribution in [0.1, 0.15) is 47.5 Å². The lowest BCUT2D eigenvalue weighted by atomic mass is 9.85. The van der Waals surface area contributed by atoms with Crippen LogP contribution in [0.25, 0.3) is 0 Å². The summed E-state index contributed by atoms with van der Waals surface area (Å²) >= 11 is 5.35. The van der Waals surface area contributed by atoms with Gasteiger partial charge in [-0.15, -0.1) is 0 Å². The minimum absolute atomic E-state index is 0.0310. The number of nitrogens with zero attached hydrogens (tertiary/aromatic N) is 2. The highest BCUT2D eigenvalue weighted by atomic mass is 35.5. The molecule has 3 rings (SSSR count). The average molecular weight is 584 g/mol. The van der Waals surface area contributed by atoms with Crippen LogP contribution in [-0.2, 0) is 24.0 Å². The van der Waals surface area contributed by atoms with Gasteiger partial charge < -0.3 is 15.5 Å². The smallest absolute Gasteiger partial charge is 0.356 e. The number of carbonyl (C=O) groups excluding carboxylic acids is 5. The van der Waals surface area contributed by atoms with Crippen molar-refractivity contribution in [3.63, 3.8) is 0 Å². The van der Waals surface area contributed by atoms with Gasteiger partial charge in [-0.1, -0.05) is 46.2 Å². The van der Waals surface area contributed by atoms with E-state index in [9.17, 15) is 41.5 Å². The molecule has 10 nitrogen and oxygen atoms in total. The maximum Gasteiger partial charge on any atom is 0.471 e. The van der Waals surface area contributed by atoms with Crippen molar-refractivity contribution in [2.24, 2.45) is 28.6 Å². The zero-order chi connectivity index (χ0) is 29.7. The number of carbonyl (C=O) groups is 5. The first kappa shape index (κ1) is 30.9. The van der Waals surface area contributed by atoms with Crippen molar-refractivity contribution in [1.82, 2.24) is 26.0 Å². The van der Waals surface area contributed by atoms with E-state index in [0.29, 0.717) is 24.4 Å². The largest absolute Gasteiger partial charge is 0.471 e. The summed E-state index contributed by atoms with van der Waals surface area (Å²) in [5, 5.41) is 5.00. The van der Waals surface area contributed by atoms with Gasteiger partial charge in [0.15, 0.2) is 0 Å². The van der Waals surface area contributed by atoms with Gasteiger partial charge in [-0.2, -0.15) is 13.2 Å². The molecule has 2 saturated heterocycles. The molecule has 2 unspecified atom stereocenters. The first-order chi connectivity index (χ1) is 17.8. The van der Waals surface area contributed by atoms with E-state index < -0.39 is 70.2 Å². The maximum atomic E-state index is 13.8. The summed E-state index contributed by atoms with van der Waals surface area (Å²) in [6.45, 7) is 8.25. The number of likely N-dealkylation sites (tertiary alicyclic amines) is 1.